The van der Waals surface area contributed by atoms with Gasteiger partial charge in [-0.2, -0.15) is 0 Å². The molecule has 1 atom stereocenters. The van der Waals surface area contributed by atoms with Gasteiger partial charge in [0.15, 0.2) is 0 Å². The van der Waals surface area contributed by atoms with E-state index in [4.69, 9.17) is 9.47 Å². The minimum absolute atomic E-state index is 0.139. The lowest BCUT2D eigenvalue weighted by atomic mass is 10.0. The molecule has 1 aromatic carbocycles. The fourth-order valence-electron chi connectivity index (χ4n) is 2.78. The maximum absolute atomic E-state index is 12.3. The Kier molecular flexibility index (Phi) is 5.35. The highest BCUT2D eigenvalue weighted by Crippen LogP contribution is 2.16. The number of rotatable bonds is 5. The fourth-order valence-corrected chi connectivity index (χ4v) is 2.78. The van der Waals surface area contributed by atoms with Gasteiger partial charge in [-0.1, -0.05) is 24.3 Å². The van der Waals surface area contributed by atoms with Crippen molar-refractivity contribution in [3.05, 3.63) is 53.4 Å². The summed E-state index contributed by atoms with van der Waals surface area (Å²) in [6.07, 6.45) is 0. The van der Waals surface area contributed by atoms with Gasteiger partial charge in [0.25, 0.3) is 0 Å². The monoisotopic (exact) mass is 369 g/mol. The summed E-state index contributed by atoms with van der Waals surface area (Å²) in [7, 11) is 0. The Morgan fingerprint density at radius 2 is 1.89 bits per heavy atom. The molecule has 8 nitrogen and oxygen atoms in total. The van der Waals surface area contributed by atoms with Gasteiger partial charge < -0.3 is 20.1 Å². The number of hydrogen-bond acceptors (Lipinski definition) is 6. The fraction of sp³-hybridized carbons (Fsp3) is 0.263. The molecule has 8 heteroatoms. The number of carbonyl (C=O) groups excluding carboxylic acids is 3. The molecule has 1 aliphatic heterocycles. The van der Waals surface area contributed by atoms with Crippen LogP contribution in [0.5, 0.6) is 0 Å². The highest BCUT2D eigenvalue weighted by molar-refractivity contribution is 5.95. The molecule has 0 saturated carbocycles. The summed E-state index contributed by atoms with van der Waals surface area (Å²) < 4.78 is 10.3. The first kappa shape index (κ1) is 18.4. The molecule has 0 spiro atoms. The van der Waals surface area contributed by atoms with Gasteiger partial charge in [-0.05, 0) is 26.0 Å². The Balaban J connectivity index is 1.79. The third-order valence-electron chi connectivity index (χ3n) is 4.02. The predicted octanol–water partition coefficient (Wildman–Crippen LogP) is 1.91. The van der Waals surface area contributed by atoms with Crippen LogP contribution < -0.4 is 10.6 Å². The first-order chi connectivity index (χ1) is 13.0. The number of urea groups is 1. The van der Waals surface area contributed by atoms with Crippen molar-refractivity contribution in [2.24, 2.45) is 0 Å². The molecule has 3 rings (SSSR count). The zero-order chi connectivity index (χ0) is 19.4. The van der Waals surface area contributed by atoms with Crippen LogP contribution in [0.1, 0.15) is 24.3 Å². The van der Waals surface area contributed by atoms with Crippen molar-refractivity contribution in [1.29, 1.82) is 0 Å². The molecule has 2 heterocycles. The second kappa shape index (κ2) is 7.86. The Bertz CT molecular complexity index is 938. The van der Waals surface area contributed by atoms with E-state index in [2.05, 4.69) is 15.6 Å². The number of aromatic nitrogens is 1. The number of fused-ring (bicyclic) bond motifs is 1. The molecule has 0 saturated heterocycles. The smallest absolute Gasteiger partial charge is 0.357 e. The van der Waals surface area contributed by atoms with Gasteiger partial charge in [0.05, 0.1) is 29.4 Å². The van der Waals surface area contributed by atoms with Gasteiger partial charge in [0, 0.05) is 5.39 Å². The van der Waals surface area contributed by atoms with Gasteiger partial charge in [0.2, 0.25) is 0 Å². The van der Waals surface area contributed by atoms with Gasteiger partial charge in [-0.15, -0.1) is 0 Å². The number of hydrogen-bond donors (Lipinski definition) is 2. The van der Waals surface area contributed by atoms with Crippen molar-refractivity contribution in [3.8, 4) is 0 Å². The van der Waals surface area contributed by atoms with Crippen LogP contribution in [0.4, 0.5) is 4.79 Å². The van der Waals surface area contributed by atoms with E-state index < -0.39 is 24.0 Å². The van der Waals surface area contributed by atoms with E-state index in [1.807, 2.05) is 18.2 Å². The van der Waals surface area contributed by atoms with E-state index in [0.717, 1.165) is 5.39 Å². The van der Waals surface area contributed by atoms with Crippen molar-refractivity contribution in [3.63, 3.8) is 0 Å². The number of nitrogens with zero attached hydrogens (tertiary/aromatic N) is 1. The van der Waals surface area contributed by atoms with Crippen LogP contribution >= 0.6 is 0 Å². The lowest BCUT2D eigenvalue weighted by Crippen LogP contribution is -2.50. The Morgan fingerprint density at radius 1 is 1.11 bits per heavy atom. The second-order valence-corrected chi connectivity index (χ2v) is 5.90. The van der Waals surface area contributed by atoms with Gasteiger partial charge >= 0.3 is 18.0 Å². The number of esters is 2. The summed E-state index contributed by atoms with van der Waals surface area (Å²) in [4.78, 5) is 40.5. The van der Waals surface area contributed by atoms with E-state index in [-0.39, 0.29) is 30.2 Å². The van der Waals surface area contributed by atoms with E-state index in [9.17, 15) is 14.4 Å². The summed E-state index contributed by atoms with van der Waals surface area (Å²) in [5, 5.41) is 5.98. The minimum atomic E-state index is -0.656. The highest BCUT2D eigenvalue weighted by Gasteiger charge is 2.30. The molecule has 2 amide bonds. The average molecular weight is 369 g/mol. The Hall–Kier alpha value is -3.42. The molecule has 27 heavy (non-hydrogen) atoms. The van der Waals surface area contributed by atoms with E-state index in [1.165, 1.54) is 0 Å². The average Bonchev–Trinajstić information content (AvgIpc) is 2.65. The summed E-state index contributed by atoms with van der Waals surface area (Å²) in [5.41, 5.74) is 1.22. The number of pyridine rings is 1. The SMILES string of the molecule is CCOC(=O)C1=C(COC(=O)c2ccc3ccccc3n2)NC(=O)N[C@H]1C. The molecular formula is C19H19N3O5. The summed E-state index contributed by atoms with van der Waals surface area (Å²) in [6.45, 7) is 3.25. The van der Waals surface area contributed by atoms with E-state index >= 15 is 0 Å². The van der Waals surface area contributed by atoms with Gasteiger partial charge in [0.1, 0.15) is 12.3 Å². The zero-order valence-corrected chi connectivity index (χ0v) is 14.9. The van der Waals surface area contributed by atoms with Crippen LogP contribution in [0.2, 0.25) is 0 Å². The number of carbonyl (C=O) groups is 3. The van der Waals surface area contributed by atoms with Crippen LogP contribution in [-0.4, -0.2) is 42.2 Å². The van der Waals surface area contributed by atoms with Crippen LogP contribution in [-0.2, 0) is 14.3 Å². The molecule has 2 aromatic rings. The van der Waals surface area contributed by atoms with Crippen molar-refractivity contribution in [1.82, 2.24) is 15.6 Å². The van der Waals surface area contributed by atoms with Gasteiger partial charge in [-0.25, -0.2) is 19.4 Å². The van der Waals surface area contributed by atoms with Crippen LogP contribution in [0.15, 0.2) is 47.7 Å². The summed E-state index contributed by atoms with van der Waals surface area (Å²) in [5.74, 6) is -1.23. The van der Waals surface area contributed by atoms with E-state index in [0.29, 0.717) is 5.52 Å². The molecule has 140 valence electrons. The van der Waals surface area contributed by atoms with Gasteiger partial charge in [-0.3, -0.25) is 0 Å². The minimum Gasteiger partial charge on any atom is -0.463 e. The van der Waals surface area contributed by atoms with Crippen LogP contribution in [0.25, 0.3) is 10.9 Å². The lowest BCUT2D eigenvalue weighted by Gasteiger charge is -2.26. The third-order valence-corrected chi connectivity index (χ3v) is 4.02. The third kappa shape index (κ3) is 4.05. The molecule has 0 bridgehead atoms. The maximum Gasteiger partial charge on any atom is 0.357 e. The summed E-state index contributed by atoms with van der Waals surface area (Å²) in [6, 6.07) is 9.68. The molecule has 0 unspecified atom stereocenters. The molecule has 1 aromatic heterocycles. The molecule has 1 aliphatic rings. The lowest BCUT2D eigenvalue weighted by molar-refractivity contribution is -0.139. The molecule has 0 aliphatic carbocycles. The number of para-hydroxylation sites is 1. The molecule has 0 radical (unpaired) electrons. The second-order valence-electron chi connectivity index (χ2n) is 5.90. The largest absolute Gasteiger partial charge is 0.463 e. The topological polar surface area (TPSA) is 107 Å². The Morgan fingerprint density at radius 3 is 2.67 bits per heavy atom. The number of ether oxygens (including phenoxy) is 2. The first-order valence-corrected chi connectivity index (χ1v) is 8.50. The van der Waals surface area contributed by atoms with Crippen LogP contribution in [0.3, 0.4) is 0 Å². The molecular weight excluding hydrogens is 350 g/mol. The number of amides is 2. The highest BCUT2D eigenvalue weighted by atomic mass is 16.5. The number of benzene rings is 1. The quantitative estimate of drug-likeness (QED) is 0.780. The standard InChI is InChI=1S/C19H19N3O5/c1-3-26-18(24)16-11(2)20-19(25)22-15(16)10-27-17(23)14-9-8-12-6-4-5-7-13(12)21-14/h4-9,11H,3,10H2,1-2H3,(H2,20,22,25)/t11-/m0/s1. The van der Waals surface area contributed by atoms with Crippen molar-refractivity contribution < 1.29 is 23.9 Å². The summed E-state index contributed by atoms with van der Waals surface area (Å²) >= 11 is 0. The van der Waals surface area contributed by atoms with Crippen molar-refractivity contribution in [2.75, 3.05) is 13.2 Å². The van der Waals surface area contributed by atoms with Crippen molar-refractivity contribution >= 4 is 28.9 Å². The number of nitrogens with one attached hydrogen (secondary N) is 2. The van der Waals surface area contributed by atoms with Crippen LogP contribution in [0, 0.1) is 0 Å². The molecule has 0 fully saturated rings. The Labute approximate surface area is 155 Å². The predicted molar refractivity (Wildman–Crippen MR) is 96.8 cm³/mol. The zero-order valence-electron chi connectivity index (χ0n) is 14.9. The van der Waals surface area contributed by atoms with Crippen molar-refractivity contribution in [2.45, 2.75) is 19.9 Å². The molecule has 2 N–H and O–H groups in total. The normalized spacial score (nSPS) is 16.5. The first-order valence-electron chi connectivity index (χ1n) is 8.50. The van der Waals surface area contributed by atoms with E-state index in [1.54, 1.807) is 32.0 Å². The maximum atomic E-state index is 12.3.